The topological polar surface area (TPSA) is 40.5 Å². The normalized spacial score (nSPS) is 15.9. The van der Waals surface area contributed by atoms with Gasteiger partial charge in [0.15, 0.2) is 0 Å². The number of halogens is 1. The van der Waals surface area contributed by atoms with Gasteiger partial charge in [0.2, 0.25) is 0 Å². The second-order valence-electron chi connectivity index (χ2n) is 6.03. The molecule has 1 aliphatic rings. The van der Waals surface area contributed by atoms with Crippen LogP contribution in [0.1, 0.15) is 25.0 Å². The van der Waals surface area contributed by atoms with Crippen LogP contribution in [0, 0.1) is 0 Å². The lowest BCUT2D eigenvalue weighted by Crippen LogP contribution is -2.13. The molecule has 0 unspecified atom stereocenters. The van der Waals surface area contributed by atoms with Crippen molar-refractivity contribution < 1.29 is 0 Å². The molecule has 0 fully saturated rings. The average molecular weight is 324 g/mol. The number of rotatable bonds is 2. The first-order chi connectivity index (χ1) is 10.6. The van der Waals surface area contributed by atoms with Crippen molar-refractivity contribution in [2.75, 3.05) is 0 Å². The third-order valence-electron chi connectivity index (χ3n) is 3.89. The summed E-state index contributed by atoms with van der Waals surface area (Å²) in [5.74, 6) is 0. The molecule has 4 rings (SSSR count). The molecule has 3 nitrogen and oxygen atoms in total. The van der Waals surface area contributed by atoms with Gasteiger partial charge in [-0.1, -0.05) is 48.5 Å². The van der Waals surface area contributed by atoms with Gasteiger partial charge in [-0.05, 0) is 19.9 Å². The Morgan fingerprint density at radius 2 is 1.48 bits per heavy atom. The minimum Gasteiger partial charge on any atom is -0.360 e. The Hall–Kier alpha value is -2.39. The molecular formula is C19H18ClN3. The maximum atomic E-state index is 4.86. The lowest BCUT2D eigenvalue weighted by Gasteiger charge is -2.07. The highest BCUT2D eigenvalue weighted by Crippen LogP contribution is 2.28. The van der Waals surface area contributed by atoms with Crippen LogP contribution in [0.3, 0.4) is 0 Å². The molecule has 3 aromatic rings. The van der Waals surface area contributed by atoms with Crippen LogP contribution in [0.15, 0.2) is 70.8 Å². The number of para-hydroxylation sites is 1. The molecule has 0 amide bonds. The number of hydrogen-bond acceptors (Lipinski definition) is 2. The second kappa shape index (κ2) is 5.67. The van der Waals surface area contributed by atoms with Crippen molar-refractivity contribution in [1.29, 1.82) is 0 Å². The predicted octanol–water partition coefficient (Wildman–Crippen LogP) is 4.62. The molecule has 2 aromatic carbocycles. The van der Waals surface area contributed by atoms with Gasteiger partial charge in [0.1, 0.15) is 5.66 Å². The van der Waals surface area contributed by atoms with E-state index in [2.05, 4.69) is 35.3 Å². The van der Waals surface area contributed by atoms with Crippen LogP contribution in [0.25, 0.3) is 10.9 Å². The lowest BCUT2D eigenvalue weighted by atomic mass is 10.00. The number of fused-ring (bicyclic) bond motifs is 1. The highest BCUT2D eigenvalue weighted by Gasteiger charge is 2.29. The van der Waals surface area contributed by atoms with Crippen molar-refractivity contribution in [3.63, 3.8) is 0 Å². The Kier molecular flexibility index (Phi) is 3.82. The Bertz CT molecular complexity index is 905. The monoisotopic (exact) mass is 323 g/mol. The Balaban J connectivity index is 0.00000156. The van der Waals surface area contributed by atoms with E-state index in [-0.39, 0.29) is 12.4 Å². The zero-order chi connectivity index (χ0) is 15.2. The molecule has 0 spiro atoms. The van der Waals surface area contributed by atoms with Gasteiger partial charge in [-0.3, -0.25) is 9.98 Å². The molecule has 23 heavy (non-hydrogen) atoms. The molecular weight excluding hydrogens is 306 g/mol. The van der Waals surface area contributed by atoms with Crippen molar-refractivity contribution in [2.24, 2.45) is 9.98 Å². The zero-order valence-corrected chi connectivity index (χ0v) is 13.9. The molecule has 0 bridgehead atoms. The third-order valence-corrected chi connectivity index (χ3v) is 3.89. The fourth-order valence-electron chi connectivity index (χ4n) is 2.93. The van der Waals surface area contributed by atoms with E-state index in [0.29, 0.717) is 0 Å². The lowest BCUT2D eigenvalue weighted by molar-refractivity contribution is 0.567. The summed E-state index contributed by atoms with van der Waals surface area (Å²) in [5, 5.41) is 1.18. The Morgan fingerprint density at radius 3 is 2.26 bits per heavy atom. The molecule has 0 saturated carbocycles. The molecule has 2 heterocycles. The van der Waals surface area contributed by atoms with Gasteiger partial charge >= 0.3 is 0 Å². The molecule has 4 heteroatoms. The first-order valence-electron chi connectivity index (χ1n) is 7.46. The number of benzene rings is 2. The van der Waals surface area contributed by atoms with E-state index in [4.69, 9.17) is 9.98 Å². The predicted molar refractivity (Wildman–Crippen MR) is 99.1 cm³/mol. The minimum atomic E-state index is -0.418. The summed E-state index contributed by atoms with van der Waals surface area (Å²) in [5.41, 5.74) is 4.86. The SMILES string of the molecule is CC1(C)N=C(c2ccccc2)C(c2c[nH]c3ccccc23)=N1.Cl. The van der Waals surface area contributed by atoms with E-state index in [1.165, 1.54) is 5.39 Å². The fourth-order valence-corrected chi connectivity index (χ4v) is 2.93. The number of H-pyrrole nitrogens is 1. The molecule has 0 aliphatic carbocycles. The van der Waals surface area contributed by atoms with Crippen molar-refractivity contribution in [2.45, 2.75) is 19.5 Å². The summed E-state index contributed by atoms with van der Waals surface area (Å²) in [6.45, 7) is 4.08. The van der Waals surface area contributed by atoms with Gasteiger partial charge < -0.3 is 4.98 Å². The quantitative estimate of drug-likeness (QED) is 0.715. The van der Waals surface area contributed by atoms with Crippen LogP contribution in [0.4, 0.5) is 0 Å². The van der Waals surface area contributed by atoms with Crippen LogP contribution in [0.5, 0.6) is 0 Å². The summed E-state index contributed by atoms with van der Waals surface area (Å²) in [6.07, 6.45) is 2.03. The van der Waals surface area contributed by atoms with Crippen molar-refractivity contribution >= 4 is 34.7 Å². The van der Waals surface area contributed by atoms with E-state index in [0.717, 1.165) is 28.1 Å². The summed E-state index contributed by atoms with van der Waals surface area (Å²) in [7, 11) is 0. The smallest absolute Gasteiger partial charge is 0.146 e. The first-order valence-corrected chi connectivity index (χ1v) is 7.46. The number of aliphatic imine (C=N–C) groups is 2. The summed E-state index contributed by atoms with van der Waals surface area (Å²) >= 11 is 0. The van der Waals surface area contributed by atoms with Gasteiger partial charge in [-0.25, -0.2) is 0 Å². The molecule has 0 saturated heterocycles. The molecule has 1 aliphatic heterocycles. The summed E-state index contributed by atoms with van der Waals surface area (Å²) in [6, 6.07) is 18.6. The average Bonchev–Trinajstić information content (AvgIpc) is 3.08. The van der Waals surface area contributed by atoms with Crippen LogP contribution in [-0.4, -0.2) is 22.1 Å². The number of hydrogen-bond donors (Lipinski definition) is 1. The summed E-state index contributed by atoms with van der Waals surface area (Å²) in [4.78, 5) is 13.0. The van der Waals surface area contributed by atoms with Crippen molar-refractivity contribution in [3.8, 4) is 0 Å². The number of aromatic nitrogens is 1. The van der Waals surface area contributed by atoms with Crippen LogP contribution in [-0.2, 0) is 0 Å². The van der Waals surface area contributed by atoms with Gasteiger partial charge in [0.25, 0.3) is 0 Å². The van der Waals surface area contributed by atoms with E-state index >= 15 is 0 Å². The van der Waals surface area contributed by atoms with E-state index < -0.39 is 5.66 Å². The van der Waals surface area contributed by atoms with Crippen LogP contribution < -0.4 is 0 Å². The highest BCUT2D eigenvalue weighted by molar-refractivity contribution is 6.56. The van der Waals surface area contributed by atoms with Gasteiger partial charge in [0, 0.05) is 28.2 Å². The second-order valence-corrected chi connectivity index (χ2v) is 6.03. The fraction of sp³-hybridized carbons (Fsp3) is 0.158. The molecule has 1 aromatic heterocycles. The number of nitrogens with zero attached hydrogens (tertiary/aromatic N) is 2. The zero-order valence-electron chi connectivity index (χ0n) is 13.1. The van der Waals surface area contributed by atoms with Crippen LogP contribution >= 0.6 is 12.4 Å². The highest BCUT2D eigenvalue weighted by atomic mass is 35.5. The molecule has 1 N–H and O–H groups in total. The standard InChI is InChI=1S/C19H17N3.ClH/c1-19(2)21-17(13-8-4-3-5-9-13)18(22-19)15-12-20-16-11-7-6-10-14(15)16;/h3-12,20H,1-2H3;1H. The minimum absolute atomic E-state index is 0. The maximum absolute atomic E-state index is 4.86. The molecule has 116 valence electrons. The van der Waals surface area contributed by atoms with E-state index in [1.807, 2.05) is 44.3 Å². The van der Waals surface area contributed by atoms with E-state index in [9.17, 15) is 0 Å². The third kappa shape index (κ3) is 2.68. The van der Waals surface area contributed by atoms with Gasteiger partial charge in [-0.2, -0.15) is 0 Å². The van der Waals surface area contributed by atoms with Gasteiger partial charge in [-0.15, -0.1) is 12.4 Å². The van der Waals surface area contributed by atoms with Crippen molar-refractivity contribution in [3.05, 3.63) is 71.9 Å². The van der Waals surface area contributed by atoms with Crippen LogP contribution in [0.2, 0.25) is 0 Å². The number of aromatic amines is 1. The largest absolute Gasteiger partial charge is 0.360 e. The Morgan fingerprint density at radius 1 is 0.826 bits per heavy atom. The maximum Gasteiger partial charge on any atom is 0.146 e. The number of nitrogens with one attached hydrogen (secondary N) is 1. The van der Waals surface area contributed by atoms with Crippen molar-refractivity contribution in [1.82, 2.24) is 4.98 Å². The molecule has 0 atom stereocenters. The summed E-state index contributed by atoms with van der Waals surface area (Å²) < 4.78 is 0. The Labute approximate surface area is 141 Å². The van der Waals surface area contributed by atoms with E-state index in [1.54, 1.807) is 0 Å². The molecule has 0 radical (unpaired) electrons. The van der Waals surface area contributed by atoms with Gasteiger partial charge in [0.05, 0.1) is 11.4 Å². The first kappa shape index (κ1) is 15.5.